The summed E-state index contributed by atoms with van der Waals surface area (Å²) >= 11 is 0. The molecule has 0 aromatic heterocycles. The predicted molar refractivity (Wildman–Crippen MR) is 89.1 cm³/mol. The molecule has 8 heteroatoms. The van der Waals surface area contributed by atoms with Gasteiger partial charge in [-0.15, -0.1) is 0 Å². The van der Waals surface area contributed by atoms with Crippen LogP contribution in [0.3, 0.4) is 0 Å². The molecule has 2 amide bonds. The Labute approximate surface area is 145 Å². The van der Waals surface area contributed by atoms with Gasteiger partial charge in [-0.2, -0.15) is 0 Å². The summed E-state index contributed by atoms with van der Waals surface area (Å²) < 4.78 is 5.27. The summed E-state index contributed by atoms with van der Waals surface area (Å²) in [5.74, 6) is -0.405. The largest absolute Gasteiger partial charge is 0.378 e. The van der Waals surface area contributed by atoms with Crippen LogP contribution in [-0.4, -0.2) is 65.9 Å². The Morgan fingerprint density at radius 3 is 2.64 bits per heavy atom. The lowest BCUT2D eigenvalue weighted by Crippen LogP contribution is -2.49. The summed E-state index contributed by atoms with van der Waals surface area (Å²) in [5.41, 5.74) is 0.178. The summed E-state index contributed by atoms with van der Waals surface area (Å²) in [6, 6.07) is 5.72. The van der Waals surface area contributed by atoms with Crippen LogP contribution in [0.5, 0.6) is 0 Å². The third-order valence-electron chi connectivity index (χ3n) is 4.68. The normalized spacial score (nSPS) is 21.0. The number of piperidine rings is 1. The van der Waals surface area contributed by atoms with E-state index >= 15 is 0 Å². The number of carbonyl (C=O) groups is 2. The first-order chi connectivity index (χ1) is 12.1. The molecule has 0 spiro atoms. The van der Waals surface area contributed by atoms with Gasteiger partial charge in [0.05, 0.1) is 24.1 Å². The predicted octanol–water partition coefficient (Wildman–Crippen LogP) is 1.31. The Morgan fingerprint density at radius 1 is 1.16 bits per heavy atom. The van der Waals surface area contributed by atoms with Gasteiger partial charge in [-0.1, -0.05) is 6.07 Å². The van der Waals surface area contributed by atoms with Crippen LogP contribution in [0.2, 0.25) is 0 Å². The molecule has 2 saturated heterocycles. The molecule has 0 N–H and O–H groups in total. The lowest BCUT2D eigenvalue weighted by Gasteiger charge is -2.36. The van der Waals surface area contributed by atoms with E-state index in [1.54, 1.807) is 15.9 Å². The highest BCUT2D eigenvalue weighted by Gasteiger charge is 2.32. The number of hydrogen-bond acceptors (Lipinski definition) is 5. The van der Waals surface area contributed by atoms with Gasteiger partial charge in [0, 0.05) is 43.9 Å². The molecule has 2 aliphatic rings. The number of likely N-dealkylation sites (tertiary alicyclic amines) is 1. The number of benzene rings is 1. The quantitative estimate of drug-likeness (QED) is 0.607. The zero-order valence-electron chi connectivity index (χ0n) is 13.9. The van der Waals surface area contributed by atoms with Crippen LogP contribution in [0.1, 0.15) is 23.2 Å². The van der Waals surface area contributed by atoms with Gasteiger partial charge in [0.25, 0.3) is 11.6 Å². The summed E-state index contributed by atoms with van der Waals surface area (Å²) in [6.45, 7) is 3.21. The van der Waals surface area contributed by atoms with Crippen molar-refractivity contribution in [2.24, 2.45) is 5.92 Å². The topological polar surface area (TPSA) is 93.0 Å². The van der Waals surface area contributed by atoms with Gasteiger partial charge < -0.3 is 14.5 Å². The molecule has 0 bridgehead atoms. The molecule has 2 aliphatic heterocycles. The van der Waals surface area contributed by atoms with E-state index in [0.29, 0.717) is 39.4 Å². The number of non-ortho nitro benzene ring substituents is 1. The van der Waals surface area contributed by atoms with Gasteiger partial charge in [0.2, 0.25) is 5.91 Å². The molecule has 134 valence electrons. The second-order valence-electron chi connectivity index (χ2n) is 6.34. The van der Waals surface area contributed by atoms with Crippen LogP contribution in [0.25, 0.3) is 0 Å². The maximum Gasteiger partial charge on any atom is 0.270 e. The highest BCUT2D eigenvalue weighted by atomic mass is 16.6. The van der Waals surface area contributed by atoms with Gasteiger partial charge in [-0.25, -0.2) is 0 Å². The van der Waals surface area contributed by atoms with E-state index in [4.69, 9.17) is 4.74 Å². The van der Waals surface area contributed by atoms with Crippen molar-refractivity contribution in [1.29, 1.82) is 0 Å². The van der Waals surface area contributed by atoms with E-state index in [2.05, 4.69) is 0 Å². The maximum atomic E-state index is 12.7. The molecule has 8 nitrogen and oxygen atoms in total. The molecule has 1 aromatic carbocycles. The minimum absolute atomic E-state index is 0.0693. The molecule has 0 radical (unpaired) electrons. The van der Waals surface area contributed by atoms with Crippen molar-refractivity contribution < 1.29 is 19.2 Å². The number of rotatable bonds is 3. The van der Waals surface area contributed by atoms with Crippen molar-refractivity contribution in [3.8, 4) is 0 Å². The lowest BCUT2D eigenvalue weighted by molar-refractivity contribution is -0.384. The molecular formula is C17H21N3O5. The number of hydrogen-bond donors (Lipinski definition) is 0. The Hall–Kier alpha value is -2.48. The molecular weight excluding hydrogens is 326 g/mol. The molecule has 1 aromatic rings. The zero-order chi connectivity index (χ0) is 17.8. The van der Waals surface area contributed by atoms with E-state index in [0.717, 1.165) is 12.8 Å². The Balaban J connectivity index is 1.68. The average Bonchev–Trinajstić information content (AvgIpc) is 2.67. The first-order valence-corrected chi connectivity index (χ1v) is 8.46. The van der Waals surface area contributed by atoms with E-state index in [9.17, 15) is 19.7 Å². The van der Waals surface area contributed by atoms with E-state index < -0.39 is 4.92 Å². The number of morpholine rings is 1. The molecule has 3 rings (SSSR count). The first-order valence-electron chi connectivity index (χ1n) is 8.46. The number of nitrogens with zero attached hydrogens (tertiary/aromatic N) is 3. The molecule has 0 saturated carbocycles. The molecule has 1 atom stereocenters. The smallest absolute Gasteiger partial charge is 0.270 e. The molecule has 2 heterocycles. The second kappa shape index (κ2) is 7.60. The van der Waals surface area contributed by atoms with Crippen LogP contribution < -0.4 is 0 Å². The van der Waals surface area contributed by atoms with Crippen molar-refractivity contribution >= 4 is 17.5 Å². The standard InChI is InChI=1S/C17H21N3O5/c21-16(13-3-1-5-15(11-13)20(23)24)19-6-2-4-14(12-19)17(22)18-7-9-25-10-8-18/h1,3,5,11,14H,2,4,6-10,12H2. The molecule has 25 heavy (non-hydrogen) atoms. The third-order valence-corrected chi connectivity index (χ3v) is 4.68. The van der Waals surface area contributed by atoms with E-state index in [1.165, 1.54) is 18.2 Å². The first kappa shape index (κ1) is 17.3. The van der Waals surface area contributed by atoms with Crippen LogP contribution in [0.4, 0.5) is 5.69 Å². The van der Waals surface area contributed by atoms with Crippen molar-refractivity contribution in [3.05, 3.63) is 39.9 Å². The summed E-state index contributed by atoms with van der Waals surface area (Å²) in [7, 11) is 0. The third kappa shape index (κ3) is 3.96. The van der Waals surface area contributed by atoms with Crippen LogP contribution in [-0.2, 0) is 9.53 Å². The second-order valence-corrected chi connectivity index (χ2v) is 6.34. The van der Waals surface area contributed by atoms with Gasteiger partial charge in [-0.3, -0.25) is 19.7 Å². The summed E-state index contributed by atoms with van der Waals surface area (Å²) in [6.07, 6.45) is 1.51. The van der Waals surface area contributed by atoms with Crippen molar-refractivity contribution in [3.63, 3.8) is 0 Å². The molecule has 2 fully saturated rings. The van der Waals surface area contributed by atoms with Crippen LogP contribution >= 0.6 is 0 Å². The monoisotopic (exact) mass is 347 g/mol. The fourth-order valence-corrected chi connectivity index (χ4v) is 3.34. The van der Waals surface area contributed by atoms with Crippen molar-refractivity contribution in [1.82, 2.24) is 9.80 Å². The molecule has 0 aliphatic carbocycles. The van der Waals surface area contributed by atoms with Gasteiger partial charge in [0.15, 0.2) is 0 Å². The van der Waals surface area contributed by atoms with Gasteiger partial charge in [0.1, 0.15) is 0 Å². The Bertz CT molecular complexity index is 672. The number of nitro groups is 1. The fraction of sp³-hybridized carbons (Fsp3) is 0.529. The Kier molecular flexibility index (Phi) is 5.28. The Morgan fingerprint density at radius 2 is 1.92 bits per heavy atom. The highest BCUT2D eigenvalue weighted by Crippen LogP contribution is 2.22. The van der Waals surface area contributed by atoms with Crippen LogP contribution in [0.15, 0.2) is 24.3 Å². The zero-order valence-corrected chi connectivity index (χ0v) is 13.9. The van der Waals surface area contributed by atoms with E-state index in [1.807, 2.05) is 0 Å². The van der Waals surface area contributed by atoms with E-state index in [-0.39, 0.29) is 29.0 Å². The number of ether oxygens (including phenoxy) is 1. The fourth-order valence-electron chi connectivity index (χ4n) is 3.34. The number of nitro benzene ring substituents is 1. The molecule has 1 unspecified atom stereocenters. The number of carbonyl (C=O) groups excluding carboxylic acids is 2. The van der Waals surface area contributed by atoms with Crippen LogP contribution in [0, 0.1) is 16.0 Å². The van der Waals surface area contributed by atoms with Crippen molar-refractivity contribution in [2.75, 3.05) is 39.4 Å². The maximum absolute atomic E-state index is 12.7. The van der Waals surface area contributed by atoms with Crippen molar-refractivity contribution in [2.45, 2.75) is 12.8 Å². The average molecular weight is 347 g/mol. The summed E-state index contributed by atoms with van der Waals surface area (Å²) in [4.78, 5) is 39.1. The SMILES string of the molecule is O=C(c1cccc([N+](=O)[O-])c1)N1CCCC(C(=O)N2CCOCC2)C1. The minimum atomic E-state index is -0.516. The van der Waals surface area contributed by atoms with Gasteiger partial charge >= 0.3 is 0 Å². The highest BCUT2D eigenvalue weighted by molar-refractivity contribution is 5.95. The van der Waals surface area contributed by atoms with Gasteiger partial charge in [-0.05, 0) is 18.9 Å². The summed E-state index contributed by atoms with van der Waals surface area (Å²) in [5, 5.41) is 10.9. The minimum Gasteiger partial charge on any atom is -0.378 e. The number of amides is 2. The lowest BCUT2D eigenvalue weighted by atomic mass is 9.95.